The van der Waals surface area contributed by atoms with Gasteiger partial charge < -0.3 is 4.90 Å². The van der Waals surface area contributed by atoms with E-state index in [4.69, 9.17) is 4.98 Å². The molecule has 0 radical (unpaired) electrons. The fourth-order valence-corrected chi connectivity index (χ4v) is 5.78. The molecule has 6 nitrogen and oxygen atoms in total. The van der Waals surface area contributed by atoms with E-state index in [2.05, 4.69) is 65.1 Å². The molecule has 0 N–H and O–H groups in total. The minimum absolute atomic E-state index is 0.160. The van der Waals surface area contributed by atoms with Crippen LogP contribution in [0.1, 0.15) is 86.3 Å². The Labute approximate surface area is 215 Å². The van der Waals surface area contributed by atoms with Gasteiger partial charge in [0.1, 0.15) is 11.5 Å². The molecule has 0 amide bonds. The Morgan fingerprint density at radius 3 is 2.31 bits per heavy atom. The van der Waals surface area contributed by atoms with E-state index in [-0.39, 0.29) is 5.78 Å². The average Bonchev–Trinajstić information content (AvgIpc) is 3.04. The molecule has 0 bridgehead atoms. The summed E-state index contributed by atoms with van der Waals surface area (Å²) in [7, 11) is 1.91. The van der Waals surface area contributed by atoms with Crippen LogP contribution in [0.5, 0.6) is 0 Å². The summed E-state index contributed by atoms with van der Waals surface area (Å²) in [6, 6.07) is 13.2. The second-order valence-electron chi connectivity index (χ2n) is 11.2. The molecule has 3 aromatic rings. The quantitative estimate of drug-likeness (QED) is 0.385. The predicted molar refractivity (Wildman–Crippen MR) is 147 cm³/mol. The molecule has 0 unspecified atom stereocenters. The predicted octanol–water partition coefficient (Wildman–Crippen LogP) is 5.96. The maximum absolute atomic E-state index is 13.3. The van der Waals surface area contributed by atoms with Crippen LogP contribution in [0, 0.1) is 5.92 Å². The number of Topliss-reactive ketones (excluding diaryl/α,β-unsaturated/α-hetero) is 1. The average molecular weight is 488 g/mol. The number of aromatic nitrogens is 3. The van der Waals surface area contributed by atoms with E-state index in [1.54, 1.807) is 4.68 Å². The topological polar surface area (TPSA) is 54.3 Å². The molecule has 0 aliphatic carbocycles. The van der Waals surface area contributed by atoms with E-state index in [1.165, 1.54) is 36.8 Å². The van der Waals surface area contributed by atoms with Crippen LogP contribution in [0.4, 0.5) is 5.82 Å². The van der Waals surface area contributed by atoms with Gasteiger partial charge in [-0.25, -0.2) is 9.67 Å². The molecule has 2 fully saturated rings. The number of rotatable bonds is 7. The zero-order valence-corrected chi connectivity index (χ0v) is 22.2. The van der Waals surface area contributed by atoms with Gasteiger partial charge >= 0.3 is 0 Å². The highest BCUT2D eigenvalue weighted by Crippen LogP contribution is 2.27. The van der Waals surface area contributed by atoms with E-state index in [0.717, 1.165) is 62.4 Å². The highest BCUT2D eigenvalue weighted by atomic mass is 16.1. The molecule has 2 saturated heterocycles. The van der Waals surface area contributed by atoms with Crippen LogP contribution in [0.3, 0.4) is 0 Å². The number of aryl methyl sites for hydroxylation is 1. The molecule has 5 rings (SSSR count). The van der Waals surface area contributed by atoms with Gasteiger partial charge in [-0.3, -0.25) is 9.69 Å². The van der Waals surface area contributed by atoms with Gasteiger partial charge in [0.05, 0.1) is 5.39 Å². The number of hydrogen-bond donors (Lipinski definition) is 0. The van der Waals surface area contributed by atoms with Crippen LogP contribution in [0.15, 0.2) is 36.4 Å². The first kappa shape index (κ1) is 24.9. The third-order valence-electron chi connectivity index (χ3n) is 8.10. The van der Waals surface area contributed by atoms with Crippen molar-refractivity contribution in [2.75, 3.05) is 31.1 Å². The summed E-state index contributed by atoms with van der Waals surface area (Å²) >= 11 is 0. The molecule has 192 valence electrons. The Hall–Kier alpha value is -2.73. The van der Waals surface area contributed by atoms with Crippen LogP contribution in [-0.4, -0.2) is 51.6 Å². The lowest BCUT2D eigenvalue weighted by Gasteiger charge is -2.31. The summed E-state index contributed by atoms with van der Waals surface area (Å²) < 4.78 is 1.79. The molecule has 36 heavy (non-hydrogen) atoms. The summed E-state index contributed by atoms with van der Waals surface area (Å²) in [4.78, 5) is 23.1. The van der Waals surface area contributed by atoms with Gasteiger partial charge in [-0.2, -0.15) is 5.10 Å². The summed E-state index contributed by atoms with van der Waals surface area (Å²) in [6.45, 7) is 9.68. The van der Waals surface area contributed by atoms with Gasteiger partial charge in [0.25, 0.3) is 0 Å². The van der Waals surface area contributed by atoms with E-state index < -0.39 is 0 Å². The first-order chi connectivity index (χ1) is 17.5. The number of nitrogens with zero attached hydrogens (tertiary/aromatic N) is 5. The lowest BCUT2D eigenvalue weighted by Crippen LogP contribution is -2.34. The van der Waals surface area contributed by atoms with Crippen molar-refractivity contribution < 1.29 is 4.79 Å². The van der Waals surface area contributed by atoms with Crippen LogP contribution >= 0.6 is 0 Å². The Morgan fingerprint density at radius 2 is 1.64 bits per heavy atom. The molecule has 0 spiro atoms. The minimum Gasteiger partial charge on any atom is -0.357 e. The van der Waals surface area contributed by atoms with Crippen molar-refractivity contribution in [1.29, 1.82) is 0 Å². The smallest absolute Gasteiger partial charge is 0.184 e. The highest BCUT2D eigenvalue weighted by molar-refractivity contribution is 6.05. The van der Waals surface area contributed by atoms with Crippen molar-refractivity contribution in [1.82, 2.24) is 19.7 Å². The zero-order chi connectivity index (χ0) is 25.1. The maximum atomic E-state index is 13.3. The zero-order valence-electron chi connectivity index (χ0n) is 22.2. The van der Waals surface area contributed by atoms with E-state index >= 15 is 0 Å². The number of hydrogen-bond acceptors (Lipinski definition) is 5. The number of carbonyl (C=O) groups is 1. The monoisotopic (exact) mass is 487 g/mol. The van der Waals surface area contributed by atoms with Crippen LogP contribution in [0.2, 0.25) is 0 Å². The number of fused-ring (bicyclic) bond motifs is 1. The minimum atomic E-state index is 0.160. The van der Waals surface area contributed by atoms with Crippen molar-refractivity contribution in [3.63, 3.8) is 0 Å². The molecule has 2 aliphatic rings. The third-order valence-corrected chi connectivity index (χ3v) is 8.10. The summed E-state index contributed by atoms with van der Waals surface area (Å²) in [5, 5.41) is 5.52. The van der Waals surface area contributed by atoms with Gasteiger partial charge in [-0.05, 0) is 73.9 Å². The first-order valence-corrected chi connectivity index (χ1v) is 13.9. The molecule has 0 atom stereocenters. The Kier molecular flexibility index (Phi) is 7.70. The molecule has 1 aromatic carbocycles. The second kappa shape index (κ2) is 11.1. The van der Waals surface area contributed by atoms with Gasteiger partial charge in [-0.15, -0.1) is 0 Å². The molecule has 4 heterocycles. The number of piperidine rings is 1. The number of benzene rings is 1. The maximum Gasteiger partial charge on any atom is 0.184 e. The standard InChI is InChI=1S/C30H41N5O/c1-22(2)25-10-8-24(9-11-25)21-34-18-14-23(15-19-34)20-27(36)29-26-12-13-28(31-30(26)33(3)32-29)35-16-6-4-5-7-17-35/h8-13,22-23H,4-7,14-21H2,1-3H3. The summed E-state index contributed by atoms with van der Waals surface area (Å²) in [5.41, 5.74) is 4.18. The van der Waals surface area contributed by atoms with Crippen molar-refractivity contribution in [2.24, 2.45) is 13.0 Å². The Bertz CT molecular complexity index is 1170. The molecule has 0 saturated carbocycles. The Balaban J connectivity index is 1.18. The van der Waals surface area contributed by atoms with E-state index in [9.17, 15) is 4.79 Å². The molecule has 2 aromatic heterocycles. The van der Waals surface area contributed by atoms with Gasteiger partial charge in [0.15, 0.2) is 11.4 Å². The second-order valence-corrected chi connectivity index (χ2v) is 11.2. The fourth-order valence-electron chi connectivity index (χ4n) is 5.78. The first-order valence-electron chi connectivity index (χ1n) is 13.9. The van der Waals surface area contributed by atoms with Crippen LogP contribution in [0.25, 0.3) is 11.0 Å². The highest BCUT2D eigenvalue weighted by Gasteiger charge is 2.25. The van der Waals surface area contributed by atoms with Crippen molar-refractivity contribution in [3.8, 4) is 0 Å². The molecule has 2 aliphatic heterocycles. The van der Waals surface area contributed by atoms with Gasteiger partial charge in [0.2, 0.25) is 0 Å². The lowest BCUT2D eigenvalue weighted by atomic mass is 9.90. The summed E-state index contributed by atoms with van der Waals surface area (Å²) in [6.07, 6.45) is 7.75. The number of pyridine rings is 1. The van der Waals surface area contributed by atoms with Gasteiger partial charge in [0, 0.05) is 33.1 Å². The largest absolute Gasteiger partial charge is 0.357 e. The molecular formula is C30H41N5O. The van der Waals surface area contributed by atoms with Crippen molar-refractivity contribution in [3.05, 3.63) is 53.2 Å². The SMILES string of the molecule is CC(C)c1ccc(CN2CCC(CC(=O)c3nn(C)c4nc(N5CCCCCC5)ccc34)CC2)cc1. The van der Waals surface area contributed by atoms with E-state index in [1.807, 2.05) is 7.05 Å². The fraction of sp³-hybridized carbons (Fsp3) is 0.567. The molecular weight excluding hydrogens is 446 g/mol. The lowest BCUT2D eigenvalue weighted by molar-refractivity contribution is 0.0921. The van der Waals surface area contributed by atoms with Crippen LogP contribution < -0.4 is 4.90 Å². The normalized spacial score (nSPS) is 18.2. The number of likely N-dealkylation sites (tertiary alicyclic amines) is 1. The van der Waals surface area contributed by atoms with Crippen LogP contribution in [-0.2, 0) is 13.6 Å². The van der Waals surface area contributed by atoms with Crippen molar-refractivity contribution in [2.45, 2.75) is 71.3 Å². The van der Waals surface area contributed by atoms with Gasteiger partial charge in [-0.1, -0.05) is 51.0 Å². The Morgan fingerprint density at radius 1 is 0.944 bits per heavy atom. The number of carbonyl (C=O) groups excluding carboxylic acids is 1. The third kappa shape index (κ3) is 5.64. The number of ketones is 1. The van der Waals surface area contributed by atoms with Crippen molar-refractivity contribution >= 4 is 22.6 Å². The molecule has 6 heteroatoms. The summed E-state index contributed by atoms with van der Waals surface area (Å²) in [5.74, 6) is 2.17. The van der Waals surface area contributed by atoms with E-state index in [0.29, 0.717) is 24.0 Å². The number of anilines is 1.